The summed E-state index contributed by atoms with van der Waals surface area (Å²) in [6.07, 6.45) is 5.22. The monoisotopic (exact) mass is 490 g/mol. The summed E-state index contributed by atoms with van der Waals surface area (Å²) < 4.78 is 55.4. The highest BCUT2D eigenvalue weighted by Crippen LogP contribution is 2.26. The number of halogens is 2. The molecule has 5 rings (SSSR count). The Bertz CT molecular complexity index is 1580. The minimum Gasteiger partial charge on any atom is -0.366 e. The normalized spacial score (nSPS) is 11.6. The molecule has 0 aliphatic rings. The van der Waals surface area contributed by atoms with E-state index in [2.05, 4.69) is 15.3 Å². The zero-order valence-electron chi connectivity index (χ0n) is 18.4. The maximum absolute atomic E-state index is 13.8. The van der Waals surface area contributed by atoms with Gasteiger partial charge in [-0.2, -0.15) is 0 Å². The lowest BCUT2D eigenvalue weighted by Crippen LogP contribution is -2.12. The fourth-order valence-electron chi connectivity index (χ4n) is 3.86. The number of aromatic nitrogens is 3. The van der Waals surface area contributed by atoms with E-state index in [1.807, 2.05) is 12.1 Å². The van der Waals surface area contributed by atoms with E-state index in [-0.39, 0.29) is 17.0 Å². The second-order valence-electron chi connectivity index (χ2n) is 7.93. The lowest BCUT2D eigenvalue weighted by atomic mass is 10.1. The van der Waals surface area contributed by atoms with Gasteiger partial charge < -0.3 is 5.32 Å². The minimum absolute atomic E-state index is 0.0403. The molecule has 0 radical (unpaired) electrons. The van der Waals surface area contributed by atoms with Crippen LogP contribution in [0.15, 0.2) is 96.3 Å². The van der Waals surface area contributed by atoms with Gasteiger partial charge in [-0.3, -0.25) is 0 Å². The van der Waals surface area contributed by atoms with E-state index in [1.165, 1.54) is 22.2 Å². The first-order chi connectivity index (χ1) is 16.9. The summed E-state index contributed by atoms with van der Waals surface area (Å²) in [5.41, 5.74) is 1.92. The predicted octanol–water partition coefficient (Wildman–Crippen LogP) is 5.15. The van der Waals surface area contributed by atoms with Crippen LogP contribution in [0.3, 0.4) is 0 Å². The van der Waals surface area contributed by atoms with Gasteiger partial charge in [-0.05, 0) is 53.6 Å². The van der Waals surface area contributed by atoms with Crippen molar-refractivity contribution < 1.29 is 17.2 Å². The van der Waals surface area contributed by atoms with Crippen LogP contribution in [0.4, 0.5) is 14.6 Å². The SMILES string of the molecule is O=S(=O)(c1ccccc1)n1cc(Cc2ccc(NCc3c(F)cccc3F)nc2)c2cccnc21. The number of nitrogens with one attached hydrogen (secondary N) is 1. The molecule has 0 spiro atoms. The van der Waals surface area contributed by atoms with Crippen LogP contribution in [-0.4, -0.2) is 22.4 Å². The molecule has 0 fully saturated rings. The average Bonchev–Trinajstić information content (AvgIpc) is 3.24. The van der Waals surface area contributed by atoms with Crippen molar-refractivity contribution in [2.45, 2.75) is 17.9 Å². The van der Waals surface area contributed by atoms with Crippen LogP contribution in [0.5, 0.6) is 0 Å². The Labute approximate surface area is 201 Å². The number of benzene rings is 2. The highest BCUT2D eigenvalue weighted by atomic mass is 32.2. The van der Waals surface area contributed by atoms with Crippen LogP contribution >= 0.6 is 0 Å². The molecular weight excluding hydrogens is 470 g/mol. The van der Waals surface area contributed by atoms with Gasteiger partial charge in [0.2, 0.25) is 0 Å². The molecule has 0 unspecified atom stereocenters. The number of fused-ring (bicyclic) bond motifs is 1. The second kappa shape index (κ2) is 9.27. The van der Waals surface area contributed by atoms with E-state index in [4.69, 9.17) is 0 Å². The van der Waals surface area contributed by atoms with Crippen molar-refractivity contribution in [2.24, 2.45) is 0 Å². The first kappa shape index (κ1) is 22.7. The van der Waals surface area contributed by atoms with Crippen molar-refractivity contribution in [2.75, 3.05) is 5.32 Å². The van der Waals surface area contributed by atoms with E-state index in [0.717, 1.165) is 16.5 Å². The summed E-state index contributed by atoms with van der Waals surface area (Å²) in [5.74, 6) is -0.777. The third-order valence-electron chi connectivity index (χ3n) is 5.64. The van der Waals surface area contributed by atoms with Gasteiger partial charge in [0, 0.05) is 42.5 Å². The molecule has 35 heavy (non-hydrogen) atoms. The van der Waals surface area contributed by atoms with Gasteiger partial charge in [0.1, 0.15) is 17.5 Å². The second-order valence-corrected chi connectivity index (χ2v) is 9.74. The van der Waals surface area contributed by atoms with Crippen molar-refractivity contribution >= 4 is 26.9 Å². The Morgan fingerprint density at radius 3 is 2.34 bits per heavy atom. The van der Waals surface area contributed by atoms with Gasteiger partial charge in [0.05, 0.1) is 4.90 Å². The smallest absolute Gasteiger partial charge is 0.269 e. The molecule has 0 aliphatic heterocycles. The Morgan fingerprint density at radius 2 is 1.63 bits per heavy atom. The molecule has 0 saturated carbocycles. The molecule has 0 aliphatic carbocycles. The van der Waals surface area contributed by atoms with E-state index < -0.39 is 21.7 Å². The molecule has 0 bridgehead atoms. The number of pyridine rings is 2. The number of rotatable bonds is 7. The van der Waals surface area contributed by atoms with Gasteiger partial charge in [-0.25, -0.2) is 31.1 Å². The first-order valence-electron chi connectivity index (χ1n) is 10.8. The maximum atomic E-state index is 13.8. The van der Waals surface area contributed by atoms with Gasteiger partial charge in [-0.1, -0.05) is 30.3 Å². The minimum atomic E-state index is -3.82. The Balaban J connectivity index is 1.39. The van der Waals surface area contributed by atoms with Crippen LogP contribution in [0.25, 0.3) is 11.0 Å². The molecular formula is C26H20F2N4O2S. The Hall–Kier alpha value is -4.11. The summed E-state index contributed by atoms with van der Waals surface area (Å²) in [6, 6.07) is 19.1. The third kappa shape index (κ3) is 4.50. The summed E-state index contributed by atoms with van der Waals surface area (Å²) in [4.78, 5) is 8.83. The number of hydrogen-bond acceptors (Lipinski definition) is 5. The molecule has 176 valence electrons. The van der Waals surface area contributed by atoms with Crippen LogP contribution < -0.4 is 5.32 Å². The zero-order valence-corrected chi connectivity index (χ0v) is 19.2. The summed E-state index contributed by atoms with van der Waals surface area (Å²) in [7, 11) is -3.82. The van der Waals surface area contributed by atoms with Crippen molar-refractivity contribution in [1.29, 1.82) is 0 Å². The van der Waals surface area contributed by atoms with Gasteiger partial charge in [0.15, 0.2) is 5.65 Å². The fraction of sp³-hybridized carbons (Fsp3) is 0.0769. The Morgan fingerprint density at radius 1 is 0.857 bits per heavy atom. The topological polar surface area (TPSA) is 76.9 Å². The zero-order chi connectivity index (χ0) is 24.4. The van der Waals surface area contributed by atoms with E-state index >= 15 is 0 Å². The van der Waals surface area contributed by atoms with Crippen molar-refractivity contribution in [3.63, 3.8) is 0 Å². The first-order valence-corrected chi connectivity index (χ1v) is 12.2. The van der Waals surface area contributed by atoms with E-state index in [9.17, 15) is 17.2 Å². The fourth-order valence-corrected chi connectivity index (χ4v) is 5.23. The highest BCUT2D eigenvalue weighted by Gasteiger charge is 2.22. The maximum Gasteiger partial charge on any atom is 0.269 e. The van der Waals surface area contributed by atoms with Gasteiger partial charge in [0.25, 0.3) is 10.0 Å². The molecule has 2 aromatic carbocycles. The summed E-state index contributed by atoms with van der Waals surface area (Å²) >= 11 is 0. The number of nitrogens with zero attached hydrogens (tertiary/aromatic N) is 3. The number of anilines is 1. The number of hydrogen-bond donors (Lipinski definition) is 1. The van der Waals surface area contributed by atoms with Crippen LogP contribution in [-0.2, 0) is 23.0 Å². The quantitative estimate of drug-likeness (QED) is 0.342. The van der Waals surface area contributed by atoms with Crippen LogP contribution in [0.2, 0.25) is 0 Å². The molecule has 0 amide bonds. The summed E-state index contributed by atoms with van der Waals surface area (Å²) in [6.45, 7) is -0.0403. The molecule has 3 aromatic heterocycles. The van der Waals surface area contributed by atoms with Crippen molar-refractivity contribution in [3.05, 3.63) is 120 Å². The standard InChI is InChI=1S/C26H20F2N4O2S/c27-23-9-4-10-24(28)22(23)16-31-25-12-11-18(15-30-25)14-19-17-32(26-21(19)8-5-13-29-26)35(33,34)20-6-2-1-3-7-20/h1-13,15,17H,14,16H2,(H,30,31). The Kier molecular flexibility index (Phi) is 6.00. The molecule has 5 aromatic rings. The molecule has 3 heterocycles. The van der Waals surface area contributed by atoms with Gasteiger partial charge >= 0.3 is 0 Å². The lowest BCUT2D eigenvalue weighted by molar-refractivity contribution is 0.560. The third-order valence-corrected chi connectivity index (χ3v) is 7.31. The molecule has 0 saturated heterocycles. The average molecular weight is 491 g/mol. The molecule has 9 heteroatoms. The summed E-state index contributed by atoms with van der Waals surface area (Å²) in [5, 5.41) is 3.65. The van der Waals surface area contributed by atoms with E-state index in [0.29, 0.717) is 17.9 Å². The highest BCUT2D eigenvalue weighted by molar-refractivity contribution is 7.90. The largest absolute Gasteiger partial charge is 0.366 e. The molecule has 1 N–H and O–H groups in total. The lowest BCUT2D eigenvalue weighted by Gasteiger charge is -2.08. The van der Waals surface area contributed by atoms with Crippen LogP contribution in [0.1, 0.15) is 16.7 Å². The van der Waals surface area contributed by atoms with Gasteiger partial charge in [-0.15, -0.1) is 0 Å². The molecule has 0 atom stereocenters. The predicted molar refractivity (Wildman–Crippen MR) is 129 cm³/mol. The van der Waals surface area contributed by atoms with Crippen molar-refractivity contribution in [3.8, 4) is 0 Å². The van der Waals surface area contributed by atoms with Crippen LogP contribution in [0, 0.1) is 11.6 Å². The molecule has 6 nitrogen and oxygen atoms in total. The van der Waals surface area contributed by atoms with E-state index in [1.54, 1.807) is 61.1 Å². The van der Waals surface area contributed by atoms with Crippen molar-refractivity contribution in [1.82, 2.24) is 13.9 Å².